The van der Waals surface area contributed by atoms with Crippen molar-refractivity contribution in [3.63, 3.8) is 0 Å². The molecule has 0 saturated heterocycles. The molecule has 0 aliphatic rings. The van der Waals surface area contributed by atoms with E-state index in [1.165, 1.54) is 14.8 Å². The molecule has 0 N–H and O–H groups in total. The Morgan fingerprint density at radius 2 is 2.25 bits per heavy atom. The fourth-order valence-corrected chi connectivity index (χ4v) is 3.56. The highest BCUT2D eigenvalue weighted by Crippen LogP contribution is 2.35. The average molecular weight is 395 g/mol. The summed E-state index contributed by atoms with van der Waals surface area (Å²) in [5, 5.41) is 8.44. The lowest BCUT2D eigenvalue weighted by molar-refractivity contribution is 0.939. The van der Waals surface area contributed by atoms with Crippen LogP contribution in [0.15, 0.2) is 41.1 Å². The van der Waals surface area contributed by atoms with Crippen molar-refractivity contribution in [2.75, 3.05) is 0 Å². The van der Waals surface area contributed by atoms with Crippen molar-refractivity contribution in [2.45, 2.75) is 13.5 Å². The Bertz CT molecular complexity index is 769. The molecule has 0 amide bonds. The molecule has 0 saturated carbocycles. The van der Waals surface area contributed by atoms with Gasteiger partial charge >= 0.3 is 0 Å². The minimum Gasteiger partial charge on any atom is -0.264 e. The number of hydrogen-bond donors (Lipinski definition) is 0. The summed E-state index contributed by atoms with van der Waals surface area (Å²) < 4.78 is 2.20. The van der Waals surface area contributed by atoms with Gasteiger partial charge in [0.05, 0.1) is 14.9 Å². The lowest BCUT2D eigenvalue weighted by Crippen LogP contribution is -1.82. The van der Waals surface area contributed by atoms with Crippen molar-refractivity contribution < 1.29 is 0 Å². The van der Waals surface area contributed by atoms with E-state index in [4.69, 9.17) is 0 Å². The summed E-state index contributed by atoms with van der Waals surface area (Å²) in [6, 6.07) is 3.86. The normalized spacial score (nSPS) is 11.5. The zero-order chi connectivity index (χ0) is 13.9. The third-order valence-corrected chi connectivity index (χ3v) is 5.30. The molecule has 0 aliphatic heterocycles. The number of rotatable bonds is 3. The van der Waals surface area contributed by atoms with E-state index in [1.807, 2.05) is 12.1 Å². The Kier molecular flexibility index (Phi) is 3.97. The first kappa shape index (κ1) is 13.5. The molecule has 0 aliphatic carbocycles. The van der Waals surface area contributed by atoms with Crippen LogP contribution in [0.4, 0.5) is 5.82 Å². The average Bonchev–Trinajstić information content (AvgIpc) is 2.77. The lowest BCUT2D eigenvalue weighted by Gasteiger charge is -1.95. The van der Waals surface area contributed by atoms with Crippen LogP contribution < -0.4 is 0 Å². The highest BCUT2D eigenvalue weighted by atomic mass is 127. The van der Waals surface area contributed by atoms with Crippen molar-refractivity contribution in [1.29, 1.82) is 0 Å². The predicted octanol–water partition coefficient (Wildman–Crippen LogP) is 4.28. The molecule has 5 nitrogen and oxygen atoms in total. The van der Waals surface area contributed by atoms with E-state index in [1.54, 1.807) is 23.7 Å². The second kappa shape index (κ2) is 5.88. The van der Waals surface area contributed by atoms with Crippen molar-refractivity contribution >= 4 is 50.0 Å². The van der Waals surface area contributed by atoms with Gasteiger partial charge in [-0.3, -0.25) is 4.98 Å². The van der Waals surface area contributed by atoms with Crippen LogP contribution in [0.2, 0.25) is 0 Å². The maximum atomic E-state index is 4.31. The second-order valence-electron chi connectivity index (χ2n) is 4.14. The number of halogens is 1. The van der Waals surface area contributed by atoms with Crippen molar-refractivity contribution in [2.24, 2.45) is 10.2 Å². The number of aryl methyl sites for hydroxylation is 1. The molecule has 0 fully saturated rings. The zero-order valence-electron chi connectivity index (χ0n) is 10.6. The van der Waals surface area contributed by atoms with Gasteiger partial charge in [0.1, 0.15) is 11.0 Å². The van der Waals surface area contributed by atoms with Crippen LogP contribution in [0, 0.1) is 9.81 Å². The molecule has 0 bridgehead atoms. The Balaban J connectivity index is 1.89. The quantitative estimate of drug-likeness (QED) is 0.491. The first-order valence-corrected chi connectivity index (χ1v) is 7.81. The van der Waals surface area contributed by atoms with Crippen LogP contribution in [0.1, 0.15) is 11.1 Å². The third-order valence-electron chi connectivity index (χ3n) is 2.77. The molecule has 0 atom stereocenters. The summed E-state index contributed by atoms with van der Waals surface area (Å²) >= 11 is 3.96. The SMILES string of the molecule is Cc1c(I)sc2c(N=NCc3cccnc3)ncnc12. The molecular formula is C13H10IN5S. The Morgan fingerprint density at radius 3 is 3.05 bits per heavy atom. The van der Waals surface area contributed by atoms with Crippen LogP contribution in [0.5, 0.6) is 0 Å². The molecule has 0 spiro atoms. The fourth-order valence-electron chi connectivity index (χ4n) is 1.73. The topological polar surface area (TPSA) is 63.4 Å². The lowest BCUT2D eigenvalue weighted by atomic mass is 10.3. The molecule has 3 heterocycles. The predicted molar refractivity (Wildman–Crippen MR) is 87.3 cm³/mol. The summed E-state index contributed by atoms with van der Waals surface area (Å²) in [4.78, 5) is 12.6. The Morgan fingerprint density at radius 1 is 1.35 bits per heavy atom. The van der Waals surface area contributed by atoms with E-state index in [2.05, 4.69) is 54.7 Å². The Labute approximate surface area is 133 Å². The van der Waals surface area contributed by atoms with E-state index >= 15 is 0 Å². The largest absolute Gasteiger partial charge is 0.264 e. The molecule has 3 rings (SSSR count). The summed E-state index contributed by atoms with van der Waals surface area (Å²) in [6.07, 6.45) is 5.06. The molecular weight excluding hydrogens is 385 g/mol. The van der Waals surface area contributed by atoms with Gasteiger partial charge < -0.3 is 0 Å². The van der Waals surface area contributed by atoms with Gasteiger partial charge in [-0.25, -0.2) is 9.97 Å². The Hall–Kier alpha value is -1.48. The van der Waals surface area contributed by atoms with Crippen LogP contribution >= 0.6 is 33.9 Å². The van der Waals surface area contributed by atoms with Gasteiger partial charge in [0.2, 0.25) is 0 Å². The van der Waals surface area contributed by atoms with E-state index < -0.39 is 0 Å². The minimum atomic E-state index is 0.501. The summed E-state index contributed by atoms with van der Waals surface area (Å²) in [5.41, 5.74) is 3.17. The van der Waals surface area contributed by atoms with Crippen molar-refractivity contribution in [1.82, 2.24) is 15.0 Å². The summed E-state index contributed by atoms with van der Waals surface area (Å²) in [5.74, 6) is 0.634. The molecule has 3 aromatic rings. The van der Waals surface area contributed by atoms with E-state index in [0.717, 1.165) is 15.8 Å². The third kappa shape index (κ3) is 2.68. The first-order valence-electron chi connectivity index (χ1n) is 5.91. The van der Waals surface area contributed by atoms with Crippen molar-refractivity contribution in [3.05, 3.63) is 44.9 Å². The van der Waals surface area contributed by atoms with Gasteiger partial charge in [0, 0.05) is 12.4 Å². The van der Waals surface area contributed by atoms with Gasteiger partial charge in [-0.15, -0.1) is 16.5 Å². The van der Waals surface area contributed by atoms with Gasteiger partial charge in [-0.1, -0.05) is 6.07 Å². The monoisotopic (exact) mass is 395 g/mol. The first-order chi connectivity index (χ1) is 9.75. The maximum absolute atomic E-state index is 4.31. The molecule has 20 heavy (non-hydrogen) atoms. The number of hydrogen-bond acceptors (Lipinski definition) is 6. The molecule has 100 valence electrons. The fraction of sp³-hybridized carbons (Fsp3) is 0.154. The van der Waals surface area contributed by atoms with E-state index in [0.29, 0.717) is 12.4 Å². The van der Waals surface area contributed by atoms with Gasteiger partial charge in [0.25, 0.3) is 0 Å². The number of fused-ring (bicyclic) bond motifs is 1. The number of aromatic nitrogens is 3. The molecule has 7 heteroatoms. The molecule has 3 aromatic heterocycles. The summed E-state index contributed by atoms with van der Waals surface area (Å²) in [7, 11) is 0. The second-order valence-corrected chi connectivity index (χ2v) is 6.97. The van der Waals surface area contributed by atoms with Crippen molar-refractivity contribution in [3.8, 4) is 0 Å². The van der Waals surface area contributed by atoms with Gasteiger partial charge in [-0.2, -0.15) is 5.11 Å². The molecule has 0 unspecified atom stereocenters. The van der Waals surface area contributed by atoms with E-state index in [-0.39, 0.29) is 0 Å². The number of nitrogens with zero attached hydrogens (tertiary/aromatic N) is 5. The molecule has 0 radical (unpaired) electrons. The standard InChI is InChI=1S/C13H10IN5S/c1-8-10-11(20-12(8)14)13(17-7-16-10)19-18-6-9-3-2-4-15-5-9/h2-5,7H,6H2,1H3. The minimum absolute atomic E-state index is 0.501. The number of pyridine rings is 1. The van der Waals surface area contributed by atoms with E-state index in [9.17, 15) is 0 Å². The zero-order valence-corrected chi connectivity index (χ0v) is 13.6. The highest BCUT2D eigenvalue weighted by Gasteiger charge is 2.11. The van der Waals surface area contributed by atoms with Crippen LogP contribution in [0.25, 0.3) is 10.2 Å². The van der Waals surface area contributed by atoms with Gasteiger partial charge in [0.15, 0.2) is 5.82 Å². The smallest absolute Gasteiger partial charge is 0.195 e. The van der Waals surface area contributed by atoms with Gasteiger partial charge in [-0.05, 0) is 46.7 Å². The van der Waals surface area contributed by atoms with Crippen LogP contribution in [-0.4, -0.2) is 15.0 Å². The number of azo groups is 1. The summed E-state index contributed by atoms with van der Waals surface area (Å²) in [6.45, 7) is 2.56. The maximum Gasteiger partial charge on any atom is 0.195 e. The van der Waals surface area contributed by atoms with Crippen LogP contribution in [0.3, 0.4) is 0 Å². The number of thiophene rings is 1. The highest BCUT2D eigenvalue weighted by molar-refractivity contribution is 14.1. The molecule has 0 aromatic carbocycles. The van der Waals surface area contributed by atoms with Crippen LogP contribution in [-0.2, 0) is 6.54 Å².